The number of unbranched alkanes of at least 4 members (excludes halogenated alkanes) is 3. The van der Waals surface area contributed by atoms with Crippen LogP contribution < -0.4 is 0 Å². The Morgan fingerprint density at radius 3 is 2.36 bits per heavy atom. The molecule has 0 unspecified atom stereocenters. The first-order valence-electron chi connectivity index (χ1n) is 9.17. The topological polar surface area (TPSA) is 0 Å². The summed E-state index contributed by atoms with van der Waals surface area (Å²) in [5.41, 5.74) is 3.00. The summed E-state index contributed by atoms with van der Waals surface area (Å²) in [5, 5.41) is 0. The highest BCUT2D eigenvalue weighted by Crippen LogP contribution is 2.37. The van der Waals surface area contributed by atoms with E-state index in [1.165, 1.54) is 68.9 Å². The number of allylic oxidation sites excluding steroid dienone is 1. The van der Waals surface area contributed by atoms with E-state index < -0.39 is 0 Å². The first-order chi connectivity index (χ1) is 10.8. The van der Waals surface area contributed by atoms with Crippen molar-refractivity contribution < 1.29 is 4.39 Å². The Labute approximate surface area is 135 Å². The van der Waals surface area contributed by atoms with Crippen molar-refractivity contribution in [2.75, 3.05) is 0 Å². The maximum atomic E-state index is 12.1. The van der Waals surface area contributed by atoms with Crippen LogP contribution in [-0.2, 0) is 6.42 Å². The second-order valence-electron chi connectivity index (χ2n) is 6.87. The largest absolute Gasteiger partial charge is 0.216 e. The SMILES string of the molecule is CCCCCCc1ccc(C2CCC(CC=CF)CC2)cc1. The number of halogens is 1. The van der Waals surface area contributed by atoms with Crippen LogP contribution in [0.25, 0.3) is 0 Å². The summed E-state index contributed by atoms with van der Waals surface area (Å²) in [5.74, 6) is 1.42. The molecule has 1 saturated carbocycles. The molecule has 0 spiro atoms. The van der Waals surface area contributed by atoms with E-state index in [9.17, 15) is 4.39 Å². The minimum absolute atomic E-state index is 0.695. The third-order valence-electron chi connectivity index (χ3n) is 5.18. The zero-order chi connectivity index (χ0) is 15.6. The Bertz CT molecular complexity index is 424. The van der Waals surface area contributed by atoms with E-state index in [1.54, 1.807) is 6.08 Å². The minimum Gasteiger partial charge on any atom is -0.216 e. The Kier molecular flexibility index (Phi) is 7.70. The average Bonchev–Trinajstić information content (AvgIpc) is 2.58. The number of rotatable bonds is 8. The van der Waals surface area contributed by atoms with Crippen molar-refractivity contribution in [2.45, 2.75) is 77.0 Å². The fourth-order valence-electron chi connectivity index (χ4n) is 3.69. The molecule has 122 valence electrons. The molecule has 0 aliphatic heterocycles. The van der Waals surface area contributed by atoms with Gasteiger partial charge in [0, 0.05) is 0 Å². The third kappa shape index (κ3) is 5.59. The van der Waals surface area contributed by atoms with Gasteiger partial charge in [-0.1, -0.05) is 56.5 Å². The summed E-state index contributed by atoms with van der Waals surface area (Å²) in [6.45, 7) is 2.26. The van der Waals surface area contributed by atoms with Crippen LogP contribution >= 0.6 is 0 Å². The average molecular weight is 302 g/mol. The van der Waals surface area contributed by atoms with Crippen LogP contribution in [0.4, 0.5) is 4.39 Å². The summed E-state index contributed by atoms with van der Waals surface area (Å²) in [7, 11) is 0. The van der Waals surface area contributed by atoms with Gasteiger partial charge in [-0.05, 0) is 67.9 Å². The molecular formula is C21H31F. The van der Waals surface area contributed by atoms with Crippen molar-refractivity contribution in [2.24, 2.45) is 5.92 Å². The molecule has 1 aliphatic carbocycles. The number of benzene rings is 1. The lowest BCUT2D eigenvalue weighted by molar-refractivity contribution is 0.327. The maximum absolute atomic E-state index is 12.1. The molecule has 0 bridgehead atoms. The smallest absolute Gasteiger partial charge is 0.0827 e. The molecule has 0 amide bonds. The highest BCUT2D eigenvalue weighted by atomic mass is 19.1. The lowest BCUT2D eigenvalue weighted by atomic mass is 9.77. The normalized spacial score (nSPS) is 22.3. The van der Waals surface area contributed by atoms with Crippen molar-refractivity contribution in [3.63, 3.8) is 0 Å². The summed E-state index contributed by atoms with van der Waals surface area (Å²) in [6.07, 6.45) is 14.9. The summed E-state index contributed by atoms with van der Waals surface area (Å²) in [6, 6.07) is 9.36. The molecule has 1 heteroatoms. The minimum atomic E-state index is 0.695. The first kappa shape index (κ1) is 17.2. The standard InChI is InChI=1S/C21H31F/c1-2-3-4-5-7-18-9-13-20(14-10-18)21-15-11-19(12-16-21)8-6-17-22/h6,9-10,13-14,17,19,21H,2-5,7-8,11-12,15-16H2,1H3. The summed E-state index contributed by atoms with van der Waals surface area (Å²) >= 11 is 0. The molecule has 0 radical (unpaired) electrons. The van der Waals surface area contributed by atoms with Crippen molar-refractivity contribution in [1.82, 2.24) is 0 Å². The van der Waals surface area contributed by atoms with Crippen LogP contribution in [0, 0.1) is 5.92 Å². The molecule has 1 aromatic carbocycles. The molecule has 1 aromatic rings. The molecule has 0 aromatic heterocycles. The van der Waals surface area contributed by atoms with Gasteiger partial charge in [0.1, 0.15) is 0 Å². The first-order valence-corrected chi connectivity index (χ1v) is 9.17. The molecule has 0 atom stereocenters. The second kappa shape index (κ2) is 9.82. The van der Waals surface area contributed by atoms with E-state index >= 15 is 0 Å². The predicted octanol–water partition coefficient (Wildman–Crippen LogP) is 6.96. The van der Waals surface area contributed by atoms with Gasteiger partial charge in [0.15, 0.2) is 0 Å². The Balaban J connectivity index is 1.76. The fraction of sp³-hybridized carbons (Fsp3) is 0.619. The Hall–Kier alpha value is -1.11. The van der Waals surface area contributed by atoms with Crippen LogP contribution in [-0.4, -0.2) is 0 Å². The van der Waals surface area contributed by atoms with E-state index in [2.05, 4.69) is 31.2 Å². The van der Waals surface area contributed by atoms with E-state index in [4.69, 9.17) is 0 Å². The quantitative estimate of drug-likeness (QED) is 0.455. The lowest BCUT2D eigenvalue weighted by Gasteiger charge is -2.28. The van der Waals surface area contributed by atoms with Crippen LogP contribution in [0.2, 0.25) is 0 Å². The molecule has 0 heterocycles. The Morgan fingerprint density at radius 1 is 1.00 bits per heavy atom. The zero-order valence-electron chi connectivity index (χ0n) is 14.1. The molecule has 0 saturated heterocycles. The van der Waals surface area contributed by atoms with Gasteiger partial charge in [0.05, 0.1) is 6.33 Å². The molecular weight excluding hydrogens is 271 g/mol. The van der Waals surface area contributed by atoms with Gasteiger partial charge >= 0.3 is 0 Å². The van der Waals surface area contributed by atoms with Gasteiger partial charge in [-0.15, -0.1) is 0 Å². The summed E-state index contributed by atoms with van der Waals surface area (Å²) in [4.78, 5) is 0. The lowest BCUT2D eigenvalue weighted by Crippen LogP contribution is -2.12. The molecule has 22 heavy (non-hydrogen) atoms. The van der Waals surface area contributed by atoms with Crippen molar-refractivity contribution >= 4 is 0 Å². The van der Waals surface area contributed by atoms with Crippen LogP contribution in [0.15, 0.2) is 36.7 Å². The predicted molar refractivity (Wildman–Crippen MR) is 93.9 cm³/mol. The van der Waals surface area contributed by atoms with Crippen molar-refractivity contribution in [3.05, 3.63) is 47.8 Å². The Morgan fingerprint density at radius 2 is 1.73 bits per heavy atom. The zero-order valence-corrected chi connectivity index (χ0v) is 14.1. The number of aryl methyl sites for hydroxylation is 1. The number of hydrogen-bond acceptors (Lipinski definition) is 0. The van der Waals surface area contributed by atoms with Crippen LogP contribution in [0.3, 0.4) is 0 Å². The van der Waals surface area contributed by atoms with Gasteiger partial charge < -0.3 is 0 Å². The second-order valence-corrected chi connectivity index (χ2v) is 6.87. The molecule has 0 nitrogen and oxygen atoms in total. The van der Waals surface area contributed by atoms with Crippen molar-refractivity contribution in [1.29, 1.82) is 0 Å². The monoisotopic (exact) mass is 302 g/mol. The fourth-order valence-corrected chi connectivity index (χ4v) is 3.69. The van der Waals surface area contributed by atoms with Gasteiger partial charge in [-0.3, -0.25) is 0 Å². The maximum Gasteiger partial charge on any atom is 0.0827 e. The molecule has 1 fully saturated rings. The van der Waals surface area contributed by atoms with Gasteiger partial charge in [0.25, 0.3) is 0 Å². The molecule has 2 rings (SSSR count). The van der Waals surface area contributed by atoms with E-state index in [-0.39, 0.29) is 0 Å². The number of hydrogen-bond donors (Lipinski definition) is 0. The van der Waals surface area contributed by atoms with E-state index in [0.717, 1.165) is 12.3 Å². The third-order valence-corrected chi connectivity index (χ3v) is 5.18. The van der Waals surface area contributed by atoms with E-state index in [0.29, 0.717) is 12.2 Å². The molecule has 0 N–H and O–H groups in total. The summed E-state index contributed by atoms with van der Waals surface area (Å²) < 4.78 is 12.1. The van der Waals surface area contributed by atoms with Crippen LogP contribution in [0.1, 0.15) is 81.8 Å². The molecule has 1 aliphatic rings. The van der Waals surface area contributed by atoms with Crippen LogP contribution in [0.5, 0.6) is 0 Å². The van der Waals surface area contributed by atoms with E-state index in [1.807, 2.05) is 0 Å². The highest BCUT2D eigenvalue weighted by molar-refractivity contribution is 5.26. The van der Waals surface area contributed by atoms with Gasteiger partial charge in [0.2, 0.25) is 0 Å². The van der Waals surface area contributed by atoms with Gasteiger partial charge in [-0.25, -0.2) is 4.39 Å². The highest BCUT2D eigenvalue weighted by Gasteiger charge is 2.21. The van der Waals surface area contributed by atoms with Crippen molar-refractivity contribution in [3.8, 4) is 0 Å². The van der Waals surface area contributed by atoms with Gasteiger partial charge in [-0.2, -0.15) is 0 Å².